The molecule has 1 aliphatic rings. The molecule has 1 aromatic carbocycles. The molecule has 0 saturated carbocycles. The maximum atomic E-state index is 12.4. The Bertz CT molecular complexity index is 742. The fraction of sp³-hybridized carbons (Fsp3) is 0.316. The van der Waals surface area contributed by atoms with Crippen molar-refractivity contribution >= 4 is 11.9 Å². The van der Waals surface area contributed by atoms with E-state index < -0.39 is 17.9 Å². The molecule has 7 heteroatoms. The molecule has 26 heavy (non-hydrogen) atoms. The van der Waals surface area contributed by atoms with Crippen molar-refractivity contribution in [3.8, 4) is 11.6 Å². The van der Waals surface area contributed by atoms with Crippen molar-refractivity contribution in [1.82, 2.24) is 10.3 Å². The molecular formula is C19H20N2O5. The highest BCUT2D eigenvalue weighted by Crippen LogP contribution is 2.20. The van der Waals surface area contributed by atoms with Crippen molar-refractivity contribution in [2.24, 2.45) is 5.92 Å². The SMILES string of the molecule is O=C(NC(C(=O)O)C1CCCOC1)c1ccc(Oc2ccccc2)nc1. The van der Waals surface area contributed by atoms with E-state index >= 15 is 0 Å². The molecule has 1 amide bonds. The summed E-state index contributed by atoms with van der Waals surface area (Å²) < 4.78 is 10.9. The molecule has 0 spiro atoms. The van der Waals surface area contributed by atoms with Crippen LogP contribution in [-0.2, 0) is 9.53 Å². The topological polar surface area (TPSA) is 97.8 Å². The maximum absolute atomic E-state index is 12.4. The Morgan fingerprint density at radius 2 is 2.04 bits per heavy atom. The minimum atomic E-state index is -1.06. The van der Waals surface area contributed by atoms with Crippen LogP contribution < -0.4 is 10.1 Å². The molecule has 2 atom stereocenters. The van der Waals surface area contributed by atoms with Crippen LogP contribution in [-0.4, -0.2) is 41.2 Å². The van der Waals surface area contributed by atoms with Gasteiger partial charge in [0.2, 0.25) is 5.88 Å². The fourth-order valence-corrected chi connectivity index (χ4v) is 2.82. The van der Waals surface area contributed by atoms with Gasteiger partial charge in [0.05, 0.1) is 12.2 Å². The van der Waals surface area contributed by atoms with Crippen molar-refractivity contribution < 1.29 is 24.2 Å². The van der Waals surface area contributed by atoms with Gasteiger partial charge in [0.15, 0.2) is 0 Å². The molecule has 1 saturated heterocycles. The van der Waals surface area contributed by atoms with Gasteiger partial charge in [-0.3, -0.25) is 4.79 Å². The van der Waals surface area contributed by atoms with Crippen molar-refractivity contribution in [2.45, 2.75) is 18.9 Å². The lowest BCUT2D eigenvalue weighted by atomic mass is 9.93. The first-order valence-corrected chi connectivity index (χ1v) is 8.44. The highest BCUT2D eigenvalue weighted by atomic mass is 16.5. The number of carboxylic acid groups (broad SMARTS) is 1. The van der Waals surface area contributed by atoms with Gasteiger partial charge in [0.25, 0.3) is 5.91 Å². The Morgan fingerprint density at radius 1 is 1.23 bits per heavy atom. The van der Waals surface area contributed by atoms with Crippen LogP contribution in [0.2, 0.25) is 0 Å². The van der Waals surface area contributed by atoms with Crippen LogP contribution >= 0.6 is 0 Å². The molecule has 1 aliphatic heterocycles. The van der Waals surface area contributed by atoms with Gasteiger partial charge in [-0.1, -0.05) is 18.2 Å². The maximum Gasteiger partial charge on any atom is 0.326 e. The molecule has 1 aromatic heterocycles. The number of para-hydroxylation sites is 1. The number of aliphatic carboxylic acids is 1. The molecule has 3 rings (SSSR count). The van der Waals surface area contributed by atoms with Gasteiger partial charge in [-0.2, -0.15) is 0 Å². The second-order valence-electron chi connectivity index (χ2n) is 6.07. The molecule has 2 aromatic rings. The number of rotatable bonds is 6. The van der Waals surface area contributed by atoms with Crippen LogP contribution in [0.15, 0.2) is 48.7 Å². The average Bonchev–Trinajstić information content (AvgIpc) is 2.68. The lowest BCUT2D eigenvalue weighted by molar-refractivity contribution is -0.142. The van der Waals surface area contributed by atoms with E-state index in [1.165, 1.54) is 6.20 Å². The summed E-state index contributed by atoms with van der Waals surface area (Å²) in [5.41, 5.74) is 0.272. The Hall–Kier alpha value is -2.93. The number of ether oxygens (including phenoxy) is 2. The predicted octanol–water partition coefficient (Wildman–Crippen LogP) is 2.48. The van der Waals surface area contributed by atoms with E-state index in [0.717, 1.165) is 6.42 Å². The first-order chi connectivity index (χ1) is 12.6. The molecule has 1 fully saturated rings. The van der Waals surface area contributed by atoms with Gasteiger partial charge >= 0.3 is 5.97 Å². The number of pyridine rings is 1. The summed E-state index contributed by atoms with van der Waals surface area (Å²) in [7, 11) is 0. The number of benzene rings is 1. The number of nitrogens with zero attached hydrogens (tertiary/aromatic N) is 1. The summed E-state index contributed by atoms with van der Waals surface area (Å²) in [6.07, 6.45) is 2.86. The lowest BCUT2D eigenvalue weighted by Gasteiger charge is -2.28. The summed E-state index contributed by atoms with van der Waals surface area (Å²) in [5.74, 6) is -0.796. The highest BCUT2D eigenvalue weighted by Gasteiger charge is 2.31. The van der Waals surface area contributed by atoms with Crippen molar-refractivity contribution in [2.75, 3.05) is 13.2 Å². The third kappa shape index (κ3) is 4.58. The van der Waals surface area contributed by atoms with E-state index in [4.69, 9.17) is 9.47 Å². The van der Waals surface area contributed by atoms with Crippen LogP contribution in [0.1, 0.15) is 23.2 Å². The first kappa shape index (κ1) is 17.9. The van der Waals surface area contributed by atoms with E-state index in [-0.39, 0.29) is 11.5 Å². The monoisotopic (exact) mass is 356 g/mol. The molecule has 2 heterocycles. The van der Waals surface area contributed by atoms with Crippen molar-refractivity contribution in [3.63, 3.8) is 0 Å². The molecular weight excluding hydrogens is 336 g/mol. The third-order valence-corrected chi connectivity index (χ3v) is 4.18. The number of carbonyl (C=O) groups excluding carboxylic acids is 1. The zero-order valence-corrected chi connectivity index (χ0v) is 14.1. The number of carboxylic acids is 1. The number of amides is 1. The van der Waals surface area contributed by atoms with Gasteiger partial charge in [0.1, 0.15) is 11.8 Å². The van der Waals surface area contributed by atoms with Gasteiger partial charge in [-0.05, 0) is 31.0 Å². The summed E-state index contributed by atoms with van der Waals surface area (Å²) in [4.78, 5) is 28.0. The summed E-state index contributed by atoms with van der Waals surface area (Å²) in [6.45, 7) is 0.961. The Kier molecular flexibility index (Phi) is 5.80. The quantitative estimate of drug-likeness (QED) is 0.825. The second kappa shape index (κ2) is 8.44. The minimum absolute atomic E-state index is 0.237. The number of hydrogen-bond donors (Lipinski definition) is 2. The fourth-order valence-electron chi connectivity index (χ4n) is 2.82. The first-order valence-electron chi connectivity index (χ1n) is 8.44. The van der Waals surface area contributed by atoms with Crippen LogP contribution in [0.4, 0.5) is 0 Å². The Balaban J connectivity index is 1.64. The molecule has 0 aliphatic carbocycles. The van der Waals surface area contributed by atoms with E-state index in [9.17, 15) is 14.7 Å². The Morgan fingerprint density at radius 3 is 2.65 bits per heavy atom. The highest BCUT2D eigenvalue weighted by molar-refractivity contribution is 5.96. The van der Waals surface area contributed by atoms with Gasteiger partial charge in [-0.25, -0.2) is 9.78 Å². The van der Waals surface area contributed by atoms with Crippen molar-refractivity contribution in [3.05, 3.63) is 54.2 Å². The second-order valence-corrected chi connectivity index (χ2v) is 6.07. The van der Waals surface area contributed by atoms with E-state index in [1.807, 2.05) is 18.2 Å². The van der Waals surface area contributed by atoms with Crippen LogP contribution in [0.3, 0.4) is 0 Å². The number of nitrogens with one attached hydrogen (secondary N) is 1. The zero-order valence-electron chi connectivity index (χ0n) is 14.1. The third-order valence-electron chi connectivity index (χ3n) is 4.18. The summed E-state index contributed by atoms with van der Waals surface area (Å²) in [5, 5.41) is 12.0. The largest absolute Gasteiger partial charge is 0.480 e. The van der Waals surface area contributed by atoms with E-state index in [2.05, 4.69) is 10.3 Å². The molecule has 2 unspecified atom stereocenters. The zero-order chi connectivity index (χ0) is 18.4. The van der Waals surface area contributed by atoms with Crippen LogP contribution in [0, 0.1) is 5.92 Å². The Labute approximate surface area is 151 Å². The molecule has 0 bridgehead atoms. The van der Waals surface area contributed by atoms with Crippen LogP contribution in [0.5, 0.6) is 11.6 Å². The minimum Gasteiger partial charge on any atom is -0.480 e. The summed E-state index contributed by atoms with van der Waals surface area (Å²) in [6, 6.07) is 11.3. The van der Waals surface area contributed by atoms with E-state index in [1.54, 1.807) is 24.3 Å². The number of aromatic nitrogens is 1. The van der Waals surface area contributed by atoms with Crippen molar-refractivity contribution in [1.29, 1.82) is 0 Å². The van der Waals surface area contributed by atoms with Gasteiger partial charge in [0, 0.05) is 24.8 Å². The lowest BCUT2D eigenvalue weighted by Crippen LogP contribution is -2.48. The predicted molar refractivity (Wildman–Crippen MR) is 93.2 cm³/mol. The smallest absolute Gasteiger partial charge is 0.326 e. The normalized spacial score (nSPS) is 17.9. The number of hydrogen-bond acceptors (Lipinski definition) is 5. The number of carbonyl (C=O) groups is 2. The van der Waals surface area contributed by atoms with Crippen LogP contribution in [0.25, 0.3) is 0 Å². The van der Waals surface area contributed by atoms with Gasteiger partial charge in [-0.15, -0.1) is 0 Å². The standard InChI is InChI=1S/C19H20N2O5/c22-18(21-17(19(23)24)14-5-4-10-25-12-14)13-8-9-16(20-11-13)26-15-6-2-1-3-7-15/h1-3,6-9,11,14,17H,4-5,10,12H2,(H,21,22)(H,23,24). The summed E-state index contributed by atoms with van der Waals surface area (Å²) >= 11 is 0. The van der Waals surface area contributed by atoms with E-state index in [0.29, 0.717) is 31.3 Å². The molecule has 136 valence electrons. The van der Waals surface area contributed by atoms with Gasteiger partial charge < -0.3 is 19.9 Å². The molecule has 2 N–H and O–H groups in total. The average molecular weight is 356 g/mol. The molecule has 7 nitrogen and oxygen atoms in total. The molecule has 0 radical (unpaired) electrons.